The molecule has 1 aromatic rings. The Morgan fingerprint density at radius 1 is 1.41 bits per heavy atom. The van der Waals surface area contributed by atoms with Crippen LogP contribution in [0.15, 0.2) is 18.2 Å². The number of carboxylic acids is 1. The second kappa shape index (κ2) is 5.41. The van der Waals surface area contributed by atoms with Crippen LogP contribution in [0.5, 0.6) is 0 Å². The first-order valence-corrected chi connectivity index (χ1v) is 6.31. The normalized spacial score (nSPS) is 16.1. The van der Waals surface area contributed by atoms with Gasteiger partial charge in [0.25, 0.3) is 0 Å². The Hall–Kier alpha value is -1.22. The van der Waals surface area contributed by atoms with E-state index in [2.05, 4.69) is 5.32 Å². The van der Waals surface area contributed by atoms with Gasteiger partial charge in [0.1, 0.15) is 0 Å². The van der Waals surface area contributed by atoms with Gasteiger partial charge in [-0.2, -0.15) is 0 Å². The van der Waals surface area contributed by atoms with E-state index in [0.717, 1.165) is 6.54 Å². The maximum Gasteiger partial charge on any atom is 0.337 e. The standard InChI is InChI=1S/C13H16ClNO2/c14-10-5-6-12(11(7-10)13(16)17)15-8-9-3-1-2-4-9/h5-7,9,15H,1-4,8H2,(H,16,17). The van der Waals surface area contributed by atoms with Gasteiger partial charge in [0.15, 0.2) is 0 Å². The zero-order valence-electron chi connectivity index (χ0n) is 9.58. The molecule has 0 radical (unpaired) electrons. The Labute approximate surface area is 106 Å². The van der Waals surface area contributed by atoms with Crippen LogP contribution in [0, 0.1) is 5.92 Å². The molecule has 0 saturated heterocycles. The van der Waals surface area contributed by atoms with Gasteiger partial charge >= 0.3 is 5.97 Å². The number of carboxylic acid groups (broad SMARTS) is 1. The summed E-state index contributed by atoms with van der Waals surface area (Å²) in [7, 11) is 0. The van der Waals surface area contributed by atoms with Gasteiger partial charge in [-0.15, -0.1) is 0 Å². The van der Waals surface area contributed by atoms with E-state index in [4.69, 9.17) is 16.7 Å². The zero-order valence-corrected chi connectivity index (χ0v) is 10.3. The smallest absolute Gasteiger partial charge is 0.337 e. The van der Waals surface area contributed by atoms with E-state index in [1.54, 1.807) is 12.1 Å². The highest BCUT2D eigenvalue weighted by Gasteiger charge is 2.16. The molecule has 0 heterocycles. The Kier molecular flexibility index (Phi) is 3.89. The third kappa shape index (κ3) is 3.13. The van der Waals surface area contributed by atoms with Crippen molar-refractivity contribution in [2.24, 2.45) is 5.92 Å². The minimum Gasteiger partial charge on any atom is -0.478 e. The summed E-state index contributed by atoms with van der Waals surface area (Å²) < 4.78 is 0. The number of hydrogen-bond donors (Lipinski definition) is 2. The molecule has 17 heavy (non-hydrogen) atoms. The summed E-state index contributed by atoms with van der Waals surface area (Å²) in [6.45, 7) is 0.849. The van der Waals surface area contributed by atoms with Crippen LogP contribution < -0.4 is 5.32 Å². The van der Waals surface area contributed by atoms with Crippen LogP contribution in [0.25, 0.3) is 0 Å². The lowest BCUT2D eigenvalue weighted by Gasteiger charge is -2.13. The number of benzene rings is 1. The fourth-order valence-electron chi connectivity index (χ4n) is 2.32. The maximum absolute atomic E-state index is 11.1. The van der Waals surface area contributed by atoms with Crippen molar-refractivity contribution in [1.29, 1.82) is 0 Å². The number of nitrogens with one attached hydrogen (secondary N) is 1. The molecule has 0 unspecified atom stereocenters. The van der Waals surface area contributed by atoms with Gasteiger partial charge in [0, 0.05) is 17.3 Å². The highest BCUT2D eigenvalue weighted by atomic mass is 35.5. The molecule has 2 N–H and O–H groups in total. The Balaban J connectivity index is 2.06. The van der Waals surface area contributed by atoms with Crippen molar-refractivity contribution in [3.05, 3.63) is 28.8 Å². The summed E-state index contributed by atoms with van der Waals surface area (Å²) in [5.41, 5.74) is 0.907. The Morgan fingerprint density at radius 2 is 2.12 bits per heavy atom. The minimum absolute atomic E-state index is 0.246. The molecule has 0 amide bonds. The second-order valence-corrected chi connectivity index (χ2v) is 4.96. The lowest BCUT2D eigenvalue weighted by Crippen LogP contribution is -2.13. The summed E-state index contributed by atoms with van der Waals surface area (Å²) in [5, 5.41) is 12.8. The highest BCUT2D eigenvalue weighted by molar-refractivity contribution is 6.31. The van der Waals surface area contributed by atoms with Crippen molar-refractivity contribution in [3.63, 3.8) is 0 Å². The lowest BCUT2D eigenvalue weighted by molar-refractivity contribution is 0.0698. The molecule has 1 aliphatic rings. The van der Waals surface area contributed by atoms with Crippen LogP contribution in [-0.2, 0) is 0 Å². The molecule has 0 bridgehead atoms. The molecule has 1 saturated carbocycles. The average molecular weight is 254 g/mol. The molecular weight excluding hydrogens is 238 g/mol. The SMILES string of the molecule is O=C(O)c1cc(Cl)ccc1NCC1CCCC1. The van der Waals surface area contributed by atoms with Crippen molar-refractivity contribution < 1.29 is 9.90 Å². The predicted molar refractivity (Wildman–Crippen MR) is 68.9 cm³/mol. The molecule has 0 aromatic heterocycles. The predicted octanol–water partition coefficient (Wildman–Crippen LogP) is 3.64. The van der Waals surface area contributed by atoms with Crippen LogP contribution in [0.1, 0.15) is 36.0 Å². The van der Waals surface area contributed by atoms with E-state index in [9.17, 15) is 4.79 Å². The third-order valence-electron chi connectivity index (χ3n) is 3.27. The van der Waals surface area contributed by atoms with E-state index >= 15 is 0 Å². The van der Waals surface area contributed by atoms with E-state index in [-0.39, 0.29) is 5.56 Å². The van der Waals surface area contributed by atoms with E-state index in [1.807, 2.05) is 0 Å². The van der Waals surface area contributed by atoms with Gasteiger partial charge in [-0.05, 0) is 37.0 Å². The maximum atomic E-state index is 11.1. The first-order valence-electron chi connectivity index (χ1n) is 5.93. The summed E-state index contributed by atoms with van der Waals surface area (Å²) in [6.07, 6.45) is 5.06. The van der Waals surface area contributed by atoms with E-state index in [0.29, 0.717) is 16.6 Å². The third-order valence-corrected chi connectivity index (χ3v) is 3.50. The molecule has 0 aliphatic heterocycles. The van der Waals surface area contributed by atoms with Crippen LogP contribution in [-0.4, -0.2) is 17.6 Å². The van der Waals surface area contributed by atoms with Gasteiger partial charge in [0.2, 0.25) is 0 Å². The average Bonchev–Trinajstić information content (AvgIpc) is 2.80. The molecule has 1 aliphatic carbocycles. The molecule has 0 spiro atoms. The number of carbonyl (C=O) groups is 1. The van der Waals surface area contributed by atoms with Crippen LogP contribution in [0.3, 0.4) is 0 Å². The molecular formula is C13H16ClNO2. The number of halogens is 1. The minimum atomic E-state index is -0.943. The summed E-state index contributed by atoms with van der Waals surface area (Å²) >= 11 is 5.80. The monoisotopic (exact) mass is 253 g/mol. The van der Waals surface area contributed by atoms with Crippen molar-refractivity contribution >= 4 is 23.3 Å². The van der Waals surface area contributed by atoms with Crippen molar-refractivity contribution in [1.82, 2.24) is 0 Å². The van der Waals surface area contributed by atoms with Gasteiger partial charge in [-0.1, -0.05) is 24.4 Å². The summed E-state index contributed by atoms with van der Waals surface area (Å²) in [4.78, 5) is 11.1. The molecule has 1 aromatic carbocycles. The van der Waals surface area contributed by atoms with Gasteiger partial charge in [0.05, 0.1) is 5.56 Å². The fraction of sp³-hybridized carbons (Fsp3) is 0.462. The Bertz CT molecular complexity index is 414. The number of anilines is 1. The molecule has 3 nitrogen and oxygen atoms in total. The molecule has 2 rings (SSSR count). The van der Waals surface area contributed by atoms with E-state index < -0.39 is 5.97 Å². The topological polar surface area (TPSA) is 49.3 Å². The van der Waals surface area contributed by atoms with Crippen molar-refractivity contribution in [2.75, 3.05) is 11.9 Å². The van der Waals surface area contributed by atoms with Gasteiger partial charge < -0.3 is 10.4 Å². The number of hydrogen-bond acceptors (Lipinski definition) is 2. The van der Waals surface area contributed by atoms with Gasteiger partial charge in [-0.3, -0.25) is 0 Å². The Morgan fingerprint density at radius 3 is 2.76 bits per heavy atom. The van der Waals surface area contributed by atoms with E-state index in [1.165, 1.54) is 31.7 Å². The first-order chi connectivity index (χ1) is 8.16. The summed E-state index contributed by atoms with van der Waals surface area (Å²) in [5.74, 6) is -0.270. The lowest BCUT2D eigenvalue weighted by atomic mass is 10.1. The second-order valence-electron chi connectivity index (χ2n) is 4.53. The van der Waals surface area contributed by atoms with Gasteiger partial charge in [-0.25, -0.2) is 4.79 Å². The van der Waals surface area contributed by atoms with Crippen molar-refractivity contribution in [2.45, 2.75) is 25.7 Å². The zero-order chi connectivity index (χ0) is 12.3. The van der Waals surface area contributed by atoms with Crippen LogP contribution in [0.4, 0.5) is 5.69 Å². The fourth-order valence-corrected chi connectivity index (χ4v) is 2.49. The highest BCUT2D eigenvalue weighted by Crippen LogP contribution is 2.26. The van der Waals surface area contributed by atoms with Crippen molar-refractivity contribution in [3.8, 4) is 0 Å². The van der Waals surface area contributed by atoms with Crippen LogP contribution in [0.2, 0.25) is 5.02 Å². The first kappa shape index (κ1) is 12.2. The number of aromatic carboxylic acids is 1. The molecule has 92 valence electrons. The number of rotatable bonds is 4. The molecule has 1 fully saturated rings. The molecule has 0 atom stereocenters. The summed E-state index contributed by atoms with van der Waals surface area (Å²) in [6, 6.07) is 4.94. The quantitative estimate of drug-likeness (QED) is 0.861. The molecule has 4 heteroatoms. The van der Waals surface area contributed by atoms with Crippen LogP contribution >= 0.6 is 11.6 Å². The largest absolute Gasteiger partial charge is 0.478 e.